The van der Waals surface area contributed by atoms with Crippen LogP contribution in [0.1, 0.15) is 36.7 Å². The molecule has 0 aliphatic carbocycles. The lowest BCUT2D eigenvalue weighted by molar-refractivity contribution is -0.122. The van der Waals surface area contributed by atoms with Crippen LogP contribution in [0, 0.1) is 17.5 Å². The third kappa shape index (κ3) is 7.09. The Bertz CT molecular complexity index is 802. The van der Waals surface area contributed by atoms with Gasteiger partial charge < -0.3 is 25.8 Å². The van der Waals surface area contributed by atoms with Gasteiger partial charge in [0, 0.05) is 13.2 Å². The number of nitrogens with two attached hydrogens (primary N) is 1. The molecule has 5 N–H and O–H groups in total. The highest BCUT2D eigenvalue weighted by Gasteiger charge is 2.17. The van der Waals surface area contributed by atoms with Crippen molar-refractivity contribution < 1.29 is 32.7 Å². The first-order valence-corrected chi connectivity index (χ1v) is 8.67. The maximum Gasteiger partial charge on any atom is 0.633 e. The molecule has 1 aromatic carbocycles. The number of benzene rings is 1. The molecular formula is C15H20BF3N6O4. The summed E-state index contributed by atoms with van der Waals surface area (Å²) in [5.41, 5.74) is 6.07. The minimum atomic E-state index is -1.82. The zero-order valence-corrected chi connectivity index (χ0v) is 15.3. The number of aromatic nitrogens is 4. The van der Waals surface area contributed by atoms with Crippen molar-refractivity contribution in [1.82, 2.24) is 25.5 Å². The van der Waals surface area contributed by atoms with Gasteiger partial charge >= 0.3 is 7.32 Å². The van der Waals surface area contributed by atoms with Crippen LogP contribution in [-0.4, -0.2) is 50.1 Å². The molecule has 0 radical (unpaired) electrons. The summed E-state index contributed by atoms with van der Waals surface area (Å²) in [6.45, 7) is -0.350. The van der Waals surface area contributed by atoms with E-state index in [1.165, 1.54) is 4.68 Å². The molecule has 0 aliphatic heterocycles. The number of nitrogens with one attached hydrogen (secondary N) is 1. The summed E-state index contributed by atoms with van der Waals surface area (Å²) < 4.78 is 45.1. The van der Waals surface area contributed by atoms with Gasteiger partial charge in [0.25, 0.3) is 0 Å². The predicted molar refractivity (Wildman–Crippen MR) is 92.9 cm³/mol. The van der Waals surface area contributed by atoms with E-state index in [1.807, 2.05) is 0 Å². The van der Waals surface area contributed by atoms with Crippen molar-refractivity contribution in [1.29, 1.82) is 0 Å². The van der Waals surface area contributed by atoms with Crippen molar-refractivity contribution in [3.63, 3.8) is 0 Å². The fraction of sp³-hybridized carbons (Fsp3) is 0.467. The summed E-state index contributed by atoms with van der Waals surface area (Å²) in [6, 6.07) is 1.00. The third-order valence-electron chi connectivity index (χ3n) is 3.89. The highest BCUT2D eigenvalue weighted by Crippen LogP contribution is 2.15. The second-order valence-corrected chi connectivity index (χ2v) is 6.14. The Hall–Kier alpha value is -2.55. The van der Waals surface area contributed by atoms with Crippen LogP contribution in [0.25, 0.3) is 0 Å². The predicted octanol–water partition coefficient (Wildman–Crippen LogP) is -0.437. The normalized spacial score (nSPS) is 12.1. The molecule has 1 aromatic heterocycles. The van der Waals surface area contributed by atoms with Gasteiger partial charge in [-0.1, -0.05) is 0 Å². The molecule has 0 spiro atoms. The first-order chi connectivity index (χ1) is 13.8. The molecule has 1 amide bonds. The molecule has 2 rings (SSSR count). The van der Waals surface area contributed by atoms with Crippen LogP contribution in [0.2, 0.25) is 0 Å². The zero-order valence-electron chi connectivity index (χ0n) is 15.3. The zero-order chi connectivity index (χ0) is 21.4. The van der Waals surface area contributed by atoms with Crippen LogP contribution in [0.15, 0.2) is 12.1 Å². The molecule has 0 bridgehead atoms. The molecule has 1 atom stereocenters. The molecule has 10 nitrogen and oxygen atoms in total. The summed E-state index contributed by atoms with van der Waals surface area (Å²) in [4.78, 5) is 12.1. The molecule has 1 unspecified atom stereocenters. The molecule has 1 heterocycles. The lowest BCUT2D eigenvalue weighted by atomic mass is 10.1. The number of halogens is 3. The number of nitrogens with zero attached hydrogens (tertiary/aromatic N) is 4. The summed E-state index contributed by atoms with van der Waals surface area (Å²) >= 11 is 0. The Morgan fingerprint density at radius 1 is 1.28 bits per heavy atom. The van der Waals surface area contributed by atoms with Crippen molar-refractivity contribution in [2.24, 2.45) is 5.73 Å². The highest BCUT2D eigenvalue weighted by molar-refractivity contribution is 6.32. The number of carbonyl (C=O) groups excluding carboxylic acids is 1. The van der Waals surface area contributed by atoms with Crippen molar-refractivity contribution in [2.45, 2.75) is 38.4 Å². The highest BCUT2D eigenvalue weighted by atomic mass is 19.2. The van der Waals surface area contributed by atoms with E-state index in [1.54, 1.807) is 0 Å². The van der Waals surface area contributed by atoms with E-state index in [-0.39, 0.29) is 31.1 Å². The average molecular weight is 416 g/mol. The molecule has 0 saturated carbocycles. The van der Waals surface area contributed by atoms with E-state index in [9.17, 15) is 18.0 Å². The quantitative estimate of drug-likeness (QED) is 0.219. The molecule has 29 heavy (non-hydrogen) atoms. The van der Waals surface area contributed by atoms with Crippen LogP contribution >= 0.6 is 0 Å². The van der Waals surface area contributed by atoms with Crippen LogP contribution in [0.5, 0.6) is 0 Å². The van der Waals surface area contributed by atoms with E-state index >= 15 is 0 Å². The number of carbonyl (C=O) groups is 1. The van der Waals surface area contributed by atoms with Crippen molar-refractivity contribution >= 4 is 13.2 Å². The second-order valence-electron chi connectivity index (χ2n) is 6.14. The van der Waals surface area contributed by atoms with Crippen LogP contribution in [0.4, 0.5) is 13.2 Å². The Balaban J connectivity index is 1.83. The minimum absolute atomic E-state index is 0.0543. The molecule has 158 valence electrons. The summed E-state index contributed by atoms with van der Waals surface area (Å²) in [6.07, 6.45) is 1.58. The molecular weight excluding hydrogens is 396 g/mol. The number of hydrogen-bond acceptors (Lipinski definition) is 8. The monoisotopic (exact) mass is 416 g/mol. The van der Waals surface area contributed by atoms with Gasteiger partial charge in [0.2, 0.25) is 5.91 Å². The van der Waals surface area contributed by atoms with Gasteiger partial charge in [0.05, 0.1) is 6.04 Å². The topological polar surface area (TPSA) is 148 Å². The van der Waals surface area contributed by atoms with Crippen molar-refractivity contribution in [3.05, 3.63) is 41.0 Å². The fourth-order valence-electron chi connectivity index (χ4n) is 2.48. The third-order valence-corrected chi connectivity index (χ3v) is 3.89. The maximum atomic E-state index is 13.2. The van der Waals surface area contributed by atoms with Crippen LogP contribution < -0.4 is 11.1 Å². The average Bonchev–Trinajstić information content (AvgIpc) is 3.11. The number of amides is 1. The summed E-state index contributed by atoms with van der Waals surface area (Å²) in [7, 11) is -1.82. The summed E-state index contributed by atoms with van der Waals surface area (Å²) in [5, 5.41) is 30.6. The maximum absolute atomic E-state index is 13.2. The van der Waals surface area contributed by atoms with E-state index in [2.05, 4.69) is 25.5 Å². The molecule has 0 saturated heterocycles. The minimum Gasteiger partial charge on any atom is -0.402 e. The first kappa shape index (κ1) is 22.7. The second kappa shape index (κ2) is 10.9. The smallest absolute Gasteiger partial charge is 0.402 e. The van der Waals surface area contributed by atoms with E-state index in [0.717, 1.165) is 12.1 Å². The SMILES string of the molecule is NC(CCCCOB(O)O)c1nnnn1CC(=O)NCc1cc(F)c(F)c(F)c1. The van der Waals surface area contributed by atoms with Gasteiger partial charge in [-0.3, -0.25) is 4.79 Å². The van der Waals surface area contributed by atoms with E-state index < -0.39 is 36.7 Å². The number of hydrogen-bond donors (Lipinski definition) is 4. The van der Waals surface area contributed by atoms with Gasteiger partial charge in [0.1, 0.15) is 6.54 Å². The van der Waals surface area contributed by atoms with Crippen molar-refractivity contribution in [3.8, 4) is 0 Å². The lowest BCUT2D eigenvalue weighted by Crippen LogP contribution is -2.29. The van der Waals surface area contributed by atoms with Crippen LogP contribution in [-0.2, 0) is 22.5 Å². The molecule has 0 fully saturated rings. The molecule has 14 heteroatoms. The van der Waals surface area contributed by atoms with Gasteiger partial charge in [-0.2, -0.15) is 0 Å². The van der Waals surface area contributed by atoms with Gasteiger partial charge in [-0.15, -0.1) is 5.10 Å². The van der Waals surface area contributed by atoms with Gasteiger partial charge in [-0.05, 0) is 47.4 Å². The summed E-state index contributed by atoms with van der Waals surface area (Å²) in [5.74, 6) is -4.54. The van der Waals surface area contributed by atoms with Gasteiger partial charge in [0.15, 0.2) is 23.3 Å². The van der Waals surface area contributed by atoms with Crippen LogP contribution in [0.3, 0.4) is 0 Å². The number of tetrazole rings is 1. The Labute approximate surface area is 164 Å². The van der Waals surface area contributed by atoms with E-state index in [4.69, 9.17) is 15.8 Å². The van der Waals surface area contributed by atoms with E-state index in [0.29, 0.717) is 19.3 Å². The standard InChI is InChI=1S/C15H20BF3N6O4/c17-10-5-9(6-11(18)14(10)19)7-21-13(26)8-25-15(22-23-24-25)12(20)3-1-2-4-29-16(27)28/h5-6,12,27-28H,1-4,7-8,20H2,(H,21,26). The largest absolute Gasteiger partial charge is 0.633 e. The number of rotatable bonds is 11. The van der Waals surface area contributed by atoms with Crippen molar-refractivity contribution in [2.75, 3.05) is 6.61 Å². The Morgan fingerprint density at radius 2 is 1.97 bits per heavy atom. The number of unbranched alkanes of at least 4 members (excludes halogenated alkanes) is 1. The Kier molecular flexibility index (Phi) is 8.51. The van der Waals surface area contributed by atoms with Gasteiger partial charge in [-0.25, -0.2) is 17.9 Å². The molecule has 2 aromatic rings. The Morgan fingerprint density at radius 3 is 2.62 bits per heavy atom. The lowest BCUT2D eigenvalue weighted by Gasteiger charge is -2.12. The fourth-order valence-corrected chi connectivity index (χ4v) is 2.48. The molecule has 0 aliphatic rings. The first-order valence-electron chi connectivity index (χ1n) is 8.67.